The van der Waals surface area contributed by atoms with Crippen molar-refractivity contribution in [3.63, 3.8) is 0 Å². The molecule has 1 amide bonds. The maximum atomic E-state index is 12.3. The summed E-state index contributed by atoms with van der Waals surface area (Å²) < 4.78 is 15.9. The second-order valence-corrected chi connectivity index (χ2v) is 5.85. The van der Waals surface area contributed by atoms with Crippen LogP contribution >= 0.6 is 0 Å². The number of nitrogens with zero attached hydrogens (tertiary/aromatic N) is 1. The van der Waals surface area contributed by atoms with Crippen molar-refractivity contribution in [1.82, 2.24) is 10.2 Å². The second kappa shape index (κ2) is 9.27. The standard InChI is InChI=1S/C18H26N2O5/c1-4-10-25-16(21)11-14-18(22)19-8-9-20(14)12-13-6-5-7-15(23-2)17(13)24-3/h5-7,14H,4,8-12H2,1-3H3,(H,19,22)/t14-/m1/s1. The molecule has 1 aromatic rings. The zero-order valence-corrected chi connectivity index (χ0v) is 15.0. The first-order valence-electron chi connectivity index (χ1n) is 8.48. The topological polar surface area (TPSA) is 77.1 Å². The summed E-state index contributed by atoms with van der Waals surface area (Å²) in [6.45, 7) is 3.99. The summed E-state index contributed by atoms with van der Waals surface area (Å²) in [5.74, 6) is 0.775. The normalized spacial score (nSPS) is 17.7. The van der Waals surface area contributed by atoms with Gasteiger partial charge in [-0.25, -0.2) is 0 Å². The van der Waals surface area contributed by atoms with Crippen LogP contribution in [0.4, 0.5) is 0 Å². The minimum atomic E-state index is -0.547. The number of carbonyl (C=O) groups is 2. The molecule has 1 aliphatic rings. The van der Waals surface area contributed by atoms with E-state index in [1.165, 1.54) is 0 Å². The summed E-state index contributed by atoms with van der Waals surface area (Å²) >= 11 is 0. The SMILES string of the molecule is CCCOC(=O)C[C@@H]1C(=O)NCCN1Cc1cccc(OC)c1OC. The number of methoxy groups -OCH3 is 2. The number of amides is 1. The molecule has 1 fully saturated rings. The Morgan fingerprint density at radius 2 is 2.12 bits per heavy atom. The van der Waals surface area contributed by atoms with E-state index < -0.39 is 6.04 Å². The van der Waals surface area contributed by atoms with Crippen LogP contribution in [-0.2, 0) is 20.9 Å². The largest absolute Gasteiger partial charge is 0.493 e. The Kier molecular flexibility index (Phi) is 7.06. The molecule has 7 heteroatoms. The van der Waals surface area contributed by atoms with Crippen molar-refractivity contribution in [3.05, 3.63) is 23.8 Å². The quantitative estimate of drug-likeness (QED) is 0.713. The van der Waals surface area contributed by atoms with E-state index in [-0.39, 0.29) is 18.3 Å². The highest BCUT2D eigenvalue weighted by molar-refractivity contribution is 5.87. The minimum Gasteiger partial charge on any atom is -0.493 e. The summed E-state index contributed by atoms with van der Waals surface area (Å²) in [6.07, 6.45) is 0.797. The highest BCUT2D eigenvalue weighted by Crippen LogP contribution is 2.32. The predicted octanol–water partition coefficient (Wildman–Crippen LogP) is 1.35. The summed E-state index contributed by atoms with van der Waals surface area (Å²) in [4.78, 5) is 26.2. The summed E-state index contributed by atoms with van der Waals surface area (Å²) in [6, 6.07) is 5.09. The number of rotatable bonds is 8. The molecule has 25 heavy (non-hydrogen) atoms. The molecule has 0 aromatic heterocycles. The fourth-order valence-electron chi connectivity index (χ4n) is 2.90. The lowest BCUT2D eigenvalue weighted by Crippen LogP contribution is -2.55. The Morgan fingerprint density at radius 1 is 1.32 bits per heavy atom. The molecule has 7 nitrogen and oxygen atoms in total. The predicted molar refractivity (Wildman–Crippen MR) is 92.6 cm³/mol. The summed E-state index contributed by atoms with van der Waals surface area (Å²) in [5.41, 5.74) is 0.906. The molecule has 0 saturated carbocycles. The number of nitrogens with one attached hydrogen (secondary N) is 1. The van der Waals surface area contributed by atoms with E-state index in [1.807, 2.05) is 30.0 Å². The average Bonchev–Trinajstić information content (AvgIpc) is 2.62. The molecule has 1 heterocycles. The van der Waals surface area contributed by atoms with E-state index in [0.717, 1.165) is 12.0 Å². The van der Waals surface area contributed by atoms with E-state index in [0.29, 0.717) is 37.7 Å². The maximum absolute atomic E-state index is 12.3. The van der Waals surface area contributed by atoms with E-state index in [2.05, 4.69) is 5.32 Å². The molecule has 1 aromatic carbocycles. The Balaban J connectivity index is 2.15. The van der Waals surface area contributed by atoms with Crippen molar-refractivity contribution >= 4 is 11.9 Å². The van der Waals surface area contributed by atoms with Gasteiger partial charge in [-0.05, 0) is 12.5 Å². The van der Waals surface area contributed by atoms with Gasteiger partial charge in [0.25, 0.3) is 0 Å². The first-order valence-corrected chi connectivity index (χ1v) is 8.48. The molecule has 1 N–H and O–H groups in total. The van der Waals surface area contributed by atoms with Crippen LogP contribution in [0.25, 0.3) is 0 Å². The van der Waals surface area contributed by atoms with Gasteiger partial charge in [0, 0.05) is 25.2 Å². The Hall–Kier alpha value is -2.28. The molecular weight excluding hydrogens is 324 g/mol. The lowest BCUT2D eigenvalue weighted by Gasteiger charge is -2.34. The maximum Gasteiger partial charge on any atom is 0.307 e. The molecule has 0 aliphatic carbocycles. The van der Waals surface area contributed by atoms with Gasteiger partial charge in [0.2, 0.25) is 5.91 Å². The molecule has 1 atom stereocenters. The average molecular weight is 350 g/mol. The van der Waals surface area contributed by atoms with Crippen LogP contribution in [0.1, 0.15) is 25.3 Å². The van der Waals surface area contributed by atoms with E-state index in [4.69, 9.17) is 14.2 Å². The number of esters is 1. The zero-order chi connectivity index (χ0) is 18.2. The third-order valence-corrected chi connectivity index (χ3v) is 4.13. The van der Waals surface area contributed by atoms with Gasteiger partial charge < -0.3 is 19.5 Å². The van der Waals surface area contributed by atoms with Gasteiger partial charge in [0.05, 0.1) is 27.2 Å². The lowest BCUT2D eigenvalue weighted by molar-refractivity contribution is -0.148. The number of carbonyl (C=O) groups excluding carboxylic acids is 2. The van der Waals surface area contributed by atoms with Crippen molar-refractivity contribution in [2.75, 3.05) is 33.9 Å². The van der Waals surface area contributed by atoms with Crippen molar-refractivity contribution < 1.29 is 23.8 Å². The van der Waals surface area contributed by atoms with Gasteiger partial charge in [0.1, 0.15) is 6.04 Å². The number of piperazine rings is 1. The Bertz CT molecular complexity index is 605. The fraction of sp³-hybridized carbons (Fsp3) is 0.556. The summed E-state index contributed by atoms with van der Waals surface area (Å²) in [7, 11) is 3.17. The van der Waals surface area contributed by atoms with Gasteiger partial charge in [-0.2, -0.15) is 0 Å². The summed E-state index contributed by atoms with van der Waals surface area (Å²) in [5, 5.41) is 2.82. The van der Waals surface area contributed by atoms with Gasteiger partial charge in [-0.15, -0.1) is 0 Å². The number of benzene rings is 1. The molecule has 138 valence electrons. The zero-order valence-electron chi connectivity index (χ0n) is 15.0. The molecular formula is C18H26N2O5. The molecule has 0 spiro atoms. The third kappa shape index (κ3) is 4.85. The smallest absolute Gasteiger partial charge is 0.307 e. The molecule has 2 rings (SSSR count). The van der Waals surface area contributed by atoms with Gasteiger partial charge in [-0.1, -0.05) is 19.1 Å². The Morgan fingerprint density at radius 3 is 2.80 bits per heavy atom. The number of hydrogen-bond acceptors (Lipinski definition) is 6. The van der Waals surface area contributed by atoms with Crippen LogP contribution in [0.2, 0.25) is 0 Å². The molecule has 0 radical (unpaired) electrons. The Labute approximate surface area is 148 Å². The van der Waals surface area contributed by atoms with Gasteiger partial charge in [-0.3, -0.25) is 14.5 Å². The first kappa shape index (κ1) is 19.1. The third-order valence-electron chi connectivity index (χ3n) is 4.13. The molecule has 1 aliphatic heterocycles. The van der Waals surface area contributed by atoms with Gasteiger partial charge >= 0.3 is 5.97 Å². The van der Waals surface area contributed by atoms with Crippen molar-refractivity contribution in [2.45, 2.75) is 32.4 Å². The first-order chi connectivity index (χ1) is 12.1. The fourth-order valence-corrected chi connectivity index (χ4v) is 2.90. The van der Waals surface area contributed by atoms with Crippen LogP contribution in [-0.4, -0.2) is 56.7 Å². The van der Waals surface area contributed by atoms with E-state index in [1.54, 1.807) is 14.2 Å². The van der Waals surface area contributed by atoms with Crippen LogP contribution < -0.4 is 14.8 Å². The molecule has 1 saturated heterocycles. The van der Waals surface area contributed by atoms with Crippen LogP contribution in [0.15, 0.2) is 18.2 Å². The number of ether oxygens (including phenoxy) is 3. The monoisotopic (exact) mass is 350 g/mol. The van der Waals surface area contributed by atoms with Crippen LogP contribution in [0.3, 0.4) is 0 Å². The minimum absolute atomic E-state index is 0.0398. The second-order valence-electron chi connectivity index (χ2n) is 5.85. The molecule has 0 unspecified atom stereocenters. The van der Waals surface area contributed by atoms with E-state index >= 15 is 0 Å². The highest BCUT2D eigenvalue weighted by atomic mass is 16.5. The highest BCUT2D eigenvalue weighted by Gasteiger charge is 2.32. The van der Waals surface area contributed by atoms with Crippen molar-refractivity contribution in [1.29, 1.82) is 0 Å². The van der Waals surface area contributed by atoms with Crippen molar-refractivity contribution in [2.24, 2.45) is 0 Å². The van der Waals surface area contributed by atoms with Crippen LogP contribution in [0.5, 0.6) is 11.5 Å². The number of hydrogen-bond donors (Lipinski definition) is 1. The molecule has 0 bridgehead atoms. The van der Waals surface area contributed by atoms with Gasteiger partial charge in [0.15, 0.2) is 11.5 Å². The van der Waals surface area contributed by atoms with Crippen LogP contribution in [0, 0.1) is 0 Å². The number of para-hydroxylation sites is 1. The van der Waals surface area contributed by atoms with Crippen molar-refractivity contribution in [3.8, 4) is 11.5 Å². The lowest BCUT2D eigenvalue weighted by atomic mass is 10.1. The van der Waals surface area contributed by atoms with E-state index in [9.17, 15) is 9.59 Å².